The highest BCUT2D eigenvalue weighted by atomic mass is 16.3. The standard InChI is InChI=1S/C42H26O/c1-2-11-30-26-31(25-22-27(30)10-1)28-20-23-29(24-21-28)40-32-12-3-5-14-34(32)41(35-15-6-4-13-33(35)40)37-17-9-19-39-42(37)36-16-7-8-18-38(36)43-39/h1-26H/i1D. The fraction of sp³-hybridized carbons (Fsp3) is 0. The second-order valence-corrected chi connectivity index (χ2v) is 11.2. The summed E-state index contributed by atoms with van der Waals surface area (Å²) in [6.07, 6.45) is 0. The number of furan rings is 1. The van der Waals surface area contributed by atoms with Crippen molar-refractivity contribution in [1.82, 2.24) is 0 Å². The molecule has 0 aliphatic rings. The van der Waals surface area contributed by atoms with E-state index in [2.05, 4.69) is 121 Å². The van der Waals surface area contributed by atoms with E-state index in [0.29, 0.717) is 6.04 Å². The lowest BCUT2D eigenvalue weighted by atomic mass is 9.84. The molecule has 0 amide bonds. The van der Waals surface area contributed by atoms with Crippen LogP contribution < -0.4 is 0 Å². The third-order valence-electron chi connectivity index (χ3n) is 8.80. The minimum atomic E-state index is 0.537. The van der Waals surface area contributed by atoms with Crippen LogP contribution in [0.4, 0.5) is 0 Å². The molecule has 1 heterocycles. The number of benzene rings is 8. The van der Waals surface area contributed by atoms with Gasteiger partial charge in [0.05, 0.1) is 1.37 Å². The molecule has 0 bridgehead atoms. The van der Waals surface area contributed by atoms with Gasteiger partial charge >= 0.3 is 0 Å². The zero-order valence-electron chi connectivity index (χ0n) is 24.3. The first-order chi connectivity index (χ1) is 21.7. The molecule has 0 aliphatic carbocycles. The molecule has 0 atom stereocenters. The minimum absolute atomic E-state index is 0.537. The van der Waals surface area contributed by atoms with Gasteiger partial charge in [-0.3, -0.25) is 0 Å². The van der Waals surface area contributed by atoms with E-state index in [1.165, 1.54) is 54.9 Å². The van der Waals surface area contributed by atoms with Crippen molar-refractivity contribution in [2.45, 2.75) is 0 Å². The first-order valence-corrected chi connectivity index (χ1v) is 14.7. The van der Waals surface area contributed by atoms with Crippen LogP contribution in [0.25, 0.3) is 87.6 Å². The Hall–Kier alpha value is -5.66. The molecule has 0 saturated heterocycles. The van der Waals surface area contributed by atoms with Gasteiger partial charge in [0, 0.05) is 10.8 Å². The highest BCUT2D eigenvalue weighted by Crippen LogP contribution is 2.46. The van der Waals surface area contributed by atoms with Crippen molar-refractivity contribution in [2.75, 3.05) is 0 Å². The predicted molar refractivity (Wildman–Crippen MR) is 183 cm³/mol. The van der Waals surface area contributed by atoms with Gasteiger partial charge in [-0.1, -0.05) is 140 Å². The molecule has 0 fully saturated rings. The Morgan fingerprint density at radius 3 is 1.74 bits per heavy atom. The lowest BCUT2D eigenvalue weighted by molar-refractivity contribution is 0.669. The number of fused-ring (bicyclic) bond motifs is 6. The van der Waals surface area contributed by atoms with Gasteiger partial charge in [-0.15, -0.1) is 0 Å². The second kappa shape index (κ2) is 9.44. The summed E-state index contributed by atoms with van der Waals surface area (Å²) in [6, 6.07) is 54.1. The van der Waals surface area contributed by atoms with Gasteiger partial charge in [0.1, 0.15) is 11.2 Å². The van der Waals surface area contributed by atoms with E-state index in [1.54, 1.807) is 0 Å². The molecule has 0 aliphatic heterocycles. The maximum Gasteiger partial charge on any atom is 0.136 e. The van der Waals surface area contributed by atoms with Crippen molar-refractivity contribution >= 4 is 54.3 Å². The summed E-state index contributed by atoms with van der Waals surface area (Å²) in [4.78, 5) is 0. The molecule has 43 heavy (non-hydrogen) atoms. The predicted octanol–water partition coefficient (Wildman–Crippen LogP) is 12.0. The van der Waals surface area contributed by atoms with Crippen LogP contribution in [0.3, 0.4) is 0 Å². The van der Waals surface area contributed by atoms with Gasteiger partial charge < -0.3 is 4.42 Å². The molecule has 1 aromatic heterocycles. The lowest BCUT2D eigenvalue weighted by Gasteiger charge is -2.18. The Morgan fingerprint density at radius 1 is 0.395 bits per heavy atom. The van der Waals surface area contributed by atoms with Crippen LogP contribution in [-0.4, -0.2) is 0 Å². The summed E-state index contributed by atoms with van der Waals surface area (Å²) in [5.41, 5.74) is 9.03. The third-order valence-corrected chi connectivity index (χ3v) is 8.80. The van der Waals surface area contributed by atoms with E-state index >= 15 is 0 Å². The Morgan fingerprint density at radius 2 is 1.00 bits per heavy atom. The SMILES string of the molecule is [2H]c1ccc2cc(-c3ccc(-c4c5ccccc5c(-c5cccc6oc7ccccc7c56)c5ccccc45)cc3)ccc2c1. The monoisotopic (exact) mass is 547 g/mol. The first-order valence-electron chi connectivity index (χ1n) is 15.2. The molecule has 0 unspecified atom stereocenters. The molecule has 9 rings (SSSR count). The van der Waals surface area contributed by atoms with Crippen LogP contribution >= 0.6 is 0 Å². The highest BCUT2D eigenvalue weighted by Gasteiger charge is 2.20. The van der Waals surface area contributed by atoms with E-state index in [0.717, 1.165) is 32.7 Å². The third kappa shape index (κ3) is 3.72. The Bertz CT molecular complexity index is 2500. The van der Waals surface area contributed by atoms with E-state index in [9.17, 15) is 0 Å². The molecule has 0 radical (unpaired) electrons. The van der Waals surface area contributed by atoms with Gasteiger partial charge in [0.2, 0.25) is 0 Å². The van der Waals surface area contributed by atoms with E-state index in [-0.39, 0.29) is 0 Å². The molecular formula is C42H26O. The number of rotatable bonds is 3. The zero-order chi connectivity index (χ0) is 29.2. The summed E-state index contributed by atoms with van der Waals surface area (Å²) < 4.78 is 14.2. The Labute approximate surface area is 250 Å². The van der Waals surface area contributed by atoms with Crippen molar-refractivity contribution in [3.05, 3.63) is 158 Å². The number of hydrogen-bond acceptors (Lipinski definition) is 1. The first kappa shape index (κ1) is 23.0. The van der Waals surface area contributed by atoms with Crippen LogP contribution in [0.2, 0.25) is 0 Å². The largest absolute Gasteiger partial charge is 0.456 e. The maximum absolute atomic E-state index is 7.93. The van der Waals surface area contributed by atoms with Crippen molar-refractivity contribution < 1.29 is 5.79 Å². The van der Waals surface area contributed by atoms with Crippen molar-refractivity contribution in [1.29, 1.82) is 0 Å². The molecule has 1 heteroatoms. The summed E-state index contributed by atoms with van der Waals surface area (Å²) in [7, 11) is 0. The molecule has 9 aromatic rings. The van der Waals surface area contributed by atoms with Crippen LogP contribution in [-0.2, 0) is 0 Å². The van der Waals surface area contributed by atoms with Crippen LogP contribution in [0, 0.1) is 0 Å². The van der Waals surface area contributed by atoms with Crippen molar-refractivity contribution in [3.8, 4) is 33.4 Å². The summed E-state index contributed by atoms with van der Waals surface area (Å²) in [6.45, 7) is 0. The van der Waals surface area contributed by atoms with Gasteiger partial charge in [0.25, 0.3) is 0 Å². The summed E-state index contributed by atoms with van der Waals surface area (Å²) in [5.74, 6) is 0. The van der Waals surface area contributed by atoms with Gasteiger partial charge in [-0.05, 0) is 83.9 Å². The summed E-state index contributed by atoms with van der Waals surface area (Å²) >= 11 is 0. The van der Waals surface area contributed by atoms with E-state index < -0.39 is 0 Å². The summed E-state index contributed by atoms with van der Waals surface area (Å²) in [5, 5.41) is 9.46. The fourth-order valence-electron chi connectivity index (χ4n) is 6.85. The smallest absolute Gasteiger partial charge is 0.136 e. The second-order valence-electron chi connectivity index (χ2n) is 11.2. The molecular weight excluding hydrogens is 520 g/mol. The van der Waals surface area contributed by atoms with E-state index in [4.69, 9.17) is 5.79 Å². The Balaban J connectivity index is 1.27. The number of hydrogen-bond donors (Lipinski definition) is 0. The molecule has 1 nitrogen and oxygen atoms in total. The van der Waals surface area contributed by atoms with Gasteiger partial charge in [-0.2, -0.15) is 0 Å². The normalized spacial score (nSPS) is 12.0. The zero-order valence-corrected chi connectivity index (χ0v) is 23.3. The molecule has 0 spiro atoms. The van der Waals surface area contributed by atoms with Crippen LogP contribution in [0.5, 0.6) is 0 Å². The molecule has 0 saturated carbocycles. The maximum atomic E-state index is 7.93. The fourth-order valence-corrected chi connectivity index (χ4v) is 6.85. The Kier molecular flexibility index (Phi) is 5.04. The average molecular weight is 548 g/mol. The van der Waals surface area contributed by atoms with Crippen molar-refractivity contribution in [3.63, 3.8) is 0 Å². The lowest BCUT2D eigenvalue weighted by Crippen LogP contribution is -1.91. The number of para-hydroxylation sites is 1. The van der Waals surface area contributed by atoms with Crippen LogP contribution in [0.15, 0.2) is 162 Å². The van der Waals surface area contributed by atoms with Crippen molar-refractivity contribution in [2.24, 2.45) is 0 Å². The topological polar surface area (TPSA) is 13.1 Å². The van der Waals surface area contributed by atoms with Gasteiger partial charge in [0.15, 0.2) is 0 Å². The quantitative estimate of drug-likeness (QED) is 0.201. The highest BCUT2D eigenvalue weighted by molar-refractivity contribution is 6.25. The van der Waals surface area contributed by atoms with Gasteiger partial charge in [-0.25, -0.2) is 0 Å². The minimum Gasteiger partial charge on any atom is -0.456 e. The molecule has 0 N–H and O–H groups in total. The molecule has 200 valence electrons. The van der Waals surface area contributed by atoms with E-state index in [1.807, 2.05) is 30.3 Å². The average Bonchev–Trinajstić information content (AvgIpc) is 3.46. The van der Waals surface area contributed by atoms with Crippen LogP contribution in [0.1, 0.15) is 1.37 Å². The molecule has 8 aromatic carbocycles.